The molecule has 1 aromatic rings. The fourth-order valence-electron chi connectivity index (χ4n) is 2.29. The van der Waals surface area contributed by atoms with Crippen molar-refractivity contribution in [2.24, 2.45) is 5.73 Å². The summed E-state index contributed by atoms with van der Waals surface area (Å²) in [6.45, 7) is 4.14. The summed E-state index contributed by atoms with van der Waals surface area (Å²) < 4.78 is 11.4. The third-order valence-corrected chi connectivity index (χ3v) is 3.40. The van der Waals surface area contributed by atoms with E-state index in [-0.39, 0.29) is 17.7 Å². The van der Waals surface area contributed by atoms with E-state index < -0.39 is 0 Å². The molecule has 94 valence electrons. The minimum absolute atomic E-state index is 0.0672. The third-order valence-electron chi connectivity index (χ3n) is 3.40. The van der Waals surface area contributed by atoms with Crippen molar-refractivity contribution in [2.45, 2.75) is 44.4 Å². The lowest BCUT2D eigenvalue weighted by Crippen LogP contribution is -2.36. The summed E-state index contributed by atoms with van der Waals surface area (Å²) in [7, 11) is 1.73. The molecule has 1 heterocycles. The predicted octanol–water partition coefficient (Wildman–Crippen LogP) is 2.65. The SMILES string of the molecule is COC(C)(C)CC1C[C@H](N)c2ccccc2O1. The highest BCUT2D eigenvalue weighted by Crippen LogP contribution is 2.35. The normalized spacial score (nSPS) is 24.0. The van der Waals surface area contributed by atoms with Crippen molar-refractivity contribution in [1.29, 1.82) is 0 Å². The van der Waals surface area contributed by atoms with E-state index in [1.165, 1.54) is 0 Å². The van der Waals surface area contributed by atoms with Gasteiger partial charge in [0.15, 0.2) is 0 Å². The van der Waals surface area contributed by atoms with Crippen molar-refractivity contribution in [3.63, 3.8) is 0 Å². The van der Waals surface area contributed by atoms with Crippen LogP contribution in [-0.4, -0.2) is 18.8 Å². The van der Waals surface area contributed by atoms with Gasteiger partial charge in [0, 0.05) is 31.6 Å². The molecule has 17 heavy (non-hydrogen) atoms. The summed E-state index contributed by atoms with van der Waals surface area (Å²) >= 11 is 0. The van der Waals surface area contributed by atoms with Gasteiger partial charge in [-0.2, -0.15) is 0 Å². The van der Waals surface area contributed by atoms with Crippen molar-refractivity contribution in [3.05, 3.63) is 29.8 Å². The molecule has 2 atom stereocenters. The van der Waals surface area contributed by atoms with Gasteiger partial charge >= 0.3 is 0 Å². The highest BCUT2D eigenvalue weighted by atomic mass is 16.5. The van der Waals surface area contributed by atoms with E-state index in [1.807, 2.05) is 24.3 Å². The van der Waals surface area contributed by atoms with Gasteiger partial charge < -0.3 is 15.2 Å². The van der Waals surface area contributed by atoms with Crippen LogP contribution in [0.5, 0.6) is 5.75 Å². The Balaban J connectivity index is 2.12. The van der Waals surface area contributed by atoms with E-state index >= 15 is 0 Å². The molecule has 0 saturated carbocycles. The highest BCUT2D eigenvalue weighted by molar-refractivity contribution is 5.37. The second kappa shape index (κ2) is 4.67. The van der Waals surface area contributed by atoms with E-state index in [1.54, 1.807) is 7.11 Å². The van der Waals surface area contributed by atoms with Gasteiger partial charge in [-0.15, -0.1) is 0 Å². The molecule has 0 bridgehead atoms. The number of nitrogens with two attached hydrogens (primary N) is 1. The van der Waals surface area contributed by atoms with Gasteiger partial charge in [-0.25, -0.2) is 0 Å². The summed E-state index contributed by atoms with van der Waals surface area (Å²) in [6, 6.07) is 8.08. The van der Waals surface area contributed by atoms with E-state index in [9.17, 15) is 0 Å². The summed E-state index contributed by atoms with van der Waals surface area (Å²) in [4.78, 5) is 0. The van der Waals surface area contributed by atoms with Crippen molar-refractivity contribution in [3.8, 4) is 5.75 Å². The van der Waals surface area contributed by atoms with Gasteiger partial charge in [0.2, 0.25) is 0 Å². The van der Waals surface area contributed by atoms with Crippen molar-refractivity contribution in [1.82, 2.24) is 0 Å². The number of benzene rings is 1. The lowest BCUT2D eigenvalue weighted by molar-refractivity contribution is -0.0194. The molecular formula is C14H21NO2. The van der Waals surface area contributed by atoms with Gasteiger partial charge in [-0.3, -0.25) is 0 Å². The quantitative estimate of drug-likeness (QED) is 0.876. The van der Waals surface area contributed by atoms with E-state index in [2.05, 4.69) is 13.8 Å². The Morgan fingerprint density at radius 1 is 1.41 bits per heavy atom. The fourth-order valence-corrected chi connectivity index (χ4v) is 2.29. The summed E-state index contributed by atoms with van der Waals surface area (Å²) in [5, 5.41) is 0. The Morgan fingerprint density at radius 3 is 2.82 bits per heavy atom. The topological polar surface area (TPSA) is 44.5 Å². The smallest absolute Gasteiger partial charge is 0.124 e. The van der Waals surface area contributed by atoms with Gasteiger partial charge in [0.05, 0.1) is 5.60 Å². The molecule has 2 N–H and O–H groups in total. The maximum Gasteiger partial charge on any atom is 0.124 e. The molecule has 0 amide bonds. The van der Waals surface area contributed by atoms with Crippen molar-refractivity contribution in [2.75, 3.05) is 7.11 Å². The molecule has 0 spiro atoms. The number of hydrogen-bond acceptors (Lipinski definition) is 3. The molecule has 0 radical (unpaired) electrons. The maximum absolute atomic E-state index is 6.18. The first-order valence-electron chi connectivity index (χ1n) is 6.08. The molecule has 1 aliphatic rings. The molecule has 2 rings (SSSR count). The van der Waals surface area contributed by atoms with Crippen LogP contribution < -0.4 is 10.5 Å². The molecule has 0 aliphatic carbocycles. The van der Waals surface area contributed by atoms with Gasteiger partial charge in [-0.1, -0.05) is 18.2 Å². The molecular weight excluding hydrogens is 214 g/mol. The van der Waals surface area contributed by atoms with Crippen LogP contribution in [0.3, 0.4) is 0 Å². The Hall–Kier alpha value is -1.06. The van der Waals surface area contributed by atoms with Gasteiger partial charge in [0.1, 0.15) is 11.9 Å². The number of ether oxygens (including phenoxy) is 2. The van der Waals surface area contributed by atoms with Crippen molar-refractivity contribution < 1.29 is 9.47 Å². The molecule has 1 aromatic carbocycles. The molecule has 1 aliphatic heterocycles. The largest absolute Gasteiger partial charge is 0.490 e. The average Bonchev–Trinajstić information content (AvgIpc) is 2.28. The minimum Gasteiger partial charge on any atom is -0.490 e. The van der Waals surface area contributed by atoms with Gasteiger partial charge in [-0.05, 0) is 19.9 Å². The van der Waals surface area contributed by atoms with E-state index in [4.69, 9.17) is 15.2 Å². The first-order valence-corrected chi connectivity index (χ1v) is 6.08. The zero-order valence-corrected chi connectivity index (χ0v) is 10.8. The van der Waals surface area contributed by atoms with Crippen LogP contribution in [-0.2, 0) is 4.74 Å². The average molecular weight is 235 g/mol. The van der Waals surface area contributed by atoms with Crippen LogP contribution >= 0.6 is 0 Å². The fraction of sp³-hybridized carbons (Fsp3) is 0.571. The molecule has 0 saturated heterocycles. The maximum atomic E-state index is 6.18. The Morgan fingerprint density at radius 2 is 2.12 bits per heavy atom. The zero-order valence-electron chi connectivity index (χ0n) is 10.8. The number of hydrogen-bond donors (Lipinski definition) is 1. The van der Waals surface area contributed by atoms with Crippen LogP contribution in [0.25, 0.3) is 0 Å². The Labute approximate surface area is 103 Å². The number of para-hydroxylation sites is 1. The highest BCUT2D eigenvalue weighted by Gasteiger charge is 2.30. The second-order valence-electron chi connectivity index (χ2n) is 5.29. The van der Waals surface area contributed by atoms with E-state index in [0.717, 1.165) is 24.2 Å². The number of rotatable bonds is 3. The standard InChI is InChI=1S/C14H21NO2/c1-14(2,16-3)9-10-8-12(15)11-6-4-5-7-13(11)17-10/h4-7,10,12H,8-9,15H2,1-3H3/t10?,12-/m0/s1. The van der Waals surface area contributed by atoms with Crippen LogP contribution in [0.1, 0.15) is 38.3 Å². The summed E-state index contributed by atoms with van der Waals surface area (Å²) in [5.41, 5.74) is 7.12. The molecule has 1 unspecified atom stereocenters. The van der Waals surface area contributed by atoms with E-state index in [0.29, 0.717) is 0 Å². The van der Waals surface area contributed by atoms with Crippen molar-refractivity contribution >= 4 is 0 Å². The molecule has 3 nitrogen and oxygen atoms in total. The lowest BCUT2D eigenvalue weighted by atomic mass is 9.91. The number of fused-ring (bicyclic) bond motifs is 1. The molecule has 0 aromatic heterocycles. The monoisotopic (exact) mass is 235 g/mol. The third kappa shape index (κ3) is 2.79. The first-order chi connectivity index (χ1) is 8.02. The van der Waals surface area contributed by atoms with Crippen LogP contribution in [0.2, 0.25) is 0 Å². The molecule has 3 heteroatoms. The number of methoxy groups -OCH3 is 1. The second-order valence-corrected chi connectivity index (χ2v) is 5.29. The van der Waals surface area contributed by atoms with Gasteiger partial charge in [0.25, 0.3) is 0 Å². The Kier molecular flexibility index (Phi) is 3.40. The summed E-state index contributed by atoms with van der Waals surface area (Å²) in [6.07, 6.45) is 1.84. The van der Waals surface area contributed by atoms with Crippen LogP contribution in [0.4, 0.5) is 0 Å². The zero-order chi connectivity index (χ0) is 12.5. The first kappa shape index (κ1) is 12.4. The lowest BCUT2D eigenvalue weighted by Gasteiger charge is -2.34. The minimum atomic E-state index is -0.170. The molecule has 0 fully saturated rings. The van der Waals surface area contributed by atoms with Crippen LogP contribution in [0.15, 0.2) is 24.3 Å². The predicted molar refractivity (Wildman–Crippen MR) is 68.1 cm³/mol. The van der Waals surface area contributed by atoms with Crippen LogP contribution in [0, 0.1) is 0 Å². The Bertz CT molecular complexity index is 390. The summed E-state index contributed by atoms with van der Waals surface area (Å²) in [5.74, 6) is 0.920.